The summed E-state index contributed by atoms with van der Waals surface area (Å²) < 4.78 is 0. The van der Waals surface area contributed by atoms with Gasteiger partial charge in [0.05, 0.1) is 0 Å². The van der Waals surface area contributed by atoms with Crippen LogP contribution in [-0.2, 0) is 0 Å². The lowest BCUT2D eigenvalue weighted by molar-refractivity contribution is -0.507. The Labute approximate surface area is 224 Å². The van der Waals surface area contributed by atoms with Crippen LogP contribution in [-0.4, -0.2) is 64.0 Å². The molecule has 1 saturated carbocycles. The molecule has 0 aromatic heterocycles. The van der Waals surface area contributed by atoms with E-state index in [9.17, 15) is 40.9 Å². The van der Waals surface area contributed by atoms with Gasteiger partial charge in [0.2, 0.25) is 11.6 Å². The van der Waals surface area contributed by atoms with E-state index in [1.807, 2.05) is 0 Å². The molecule has 0 spiro atoms. The molecule has 0 aromatic carbocycles. The molecule has 0 aliphatic heterocycles. The molecule has 37 heavy (non-hydrogen) atoms. The van der Waals surface area contributed by atoms with E-state index >= 15 is 0 Å². The third-order valence-electron chi connectivity index (χ3n) is 8.15. The van der Waals surface area contributed by atoms with E-state index in [1.165, 1.54) is 83.5 Å². The summed E-state index contributed by atoms with van der Waals surface area (Å²) in [5.41, 5.74) is 0. The predicted molar refractivity (Wildman–Crippen MR) is 144 cm³/mol. The highest BCUT2D eigenvalue weighted by Crippen LogP contribution is 2.39. The topological polar surface area (TPSA) is 162 Å². The van der Waals surface area contributed by atoms with Crippen LogP contribution in [0.4, 0.5) is 0 Å². The molecule has 0 heterocycles. The minimum atomic E-state index is -3.97. The number of hydrogen-bond acceptors (Lipinski definition) is 8. The van der Waals surface area contributed by atoms with Gasteiger partial charge in [-0.2, -0.15) is 0 Å². The van der Waals surface area contributed by atoms with E-state index in [1.54, 1.807) is 0 Å². The second kappa shape index (κ2) is 18.1. The Kier molecular flexibility index (Phi) is 17.0. The Morgan fingerprint density at radius 2 is 0.351 bits per heavy atom. The molecule has 0 amide bonds. The maximum absolute atomic E-state index is 10.3. The summed E-state index contributed by atoms with van der Waals surface area (Å²) >= 11 is 0. The van der Waals surface area contributed by atoms with Crippen LogP contribution in [0, 0.1) is 0 Å². The average Bonchev–Trinajstić information content (AvgIpc) is 2.83. The van der Waals surface area contributed by atoms with Crippen molar-refractivity contribution >= 4 is 0 Å². The molecule has 0 saturated heterocycles. The van der Waals surface area contributed by atoms with Gasteiger partial charge in [-0.25, -0.2) is 0 Å². The van der Waals surface area contributed by atoms with Crippen LogP contribution in [0.5, 0.6) is 0 Å². The maximum atomic E-state index is 10.3. The molecule has 0 unspecified atom stereocenters. The van der Waals surface area contributed by atoms with Crippen molar-refractivity contribution in [3.63, 3.8) is 0 Å². The van der Waals surface area contributed by atoms with Gasteiger partial charge < -0.3 is 40.9 Å². The van der Waals surface area contributed by atoms with E-state index in [-0.39, 0.29) is 12.8 Å². The van der Waals surface area contributed by atoms with Crippen LogP contribution in [0.2, 0.25) is 0 Å². The van der Waals surface area contributed by atoms with Crippen molar-refractivity contribution in [3.8, 4) is 0 Å². The highest BCUT2D eigenvalue weighted by molar-refractivity contribution is 5.00. The SMILES string of the molecule is OC1(O)CCCCCCCCCCCCCCCCCCCCCCCCCC(O)(O)C(O)(O)C1(O)O. The predicted octanol–water partition coefficient (Wildman–Crippen LogP) is 4.48. The molecule has 0 bridgehead atoms. The number of aliphatic hydroxyl groups is 8. The fraction of sp³-hybridized carbons (Fsp3) is 1.00. The largest absolute Gasteiger partial charge is 0.361 e. The lowest BCUT2D eigenvalue weighted by Crippen LogP contribution is -2.76. The van der Waals surface area contributed by atoms with Crippen molar-refractivity contribution in [3.05, 3.63) is 0 Å². The zero-order valence-electron chi connectivity index (χ0n) is 23.3. The second-order valence-electron chi connectivity index (χ2n) is 11.6. The Hall–Kier alpha value is -0.320. The van der Waals surface area contributed by atoms with Crippen molar-refractivity contribution in [2.24, 2.45) is 0 Å². The van der Waals surface area contributed by atoms with Gasteiger partial charge in [-0.1, -0.05) is 135 Å². The van der Waals surface area contributed by atoms with Gasteiger partial charge >= 0.3 is 0 Å². The quantitative estimate of drug-likeness (QED) is 0.211. The van der Waals surface area contributed by atoms with Crippen LogP contribution in [0.3, 0.4) is 0 Å². The normalized spacial score (nSPS) is 27.2. The minimum absolute atomic E-state index is 0.204. The van der Waals surface area contributed by atoms with Crippen molar-refractivity contribution in [1.82, 2.24) is 0 Å². The van der Waals surface area contributed by atoms with E-state index in [0.717, 1.165) is 38.5 Å². The highest BCUT2D eigenvalue weighted by atomic mass is 16.7. The average molecular weight is 535 g/mol. The van der Waals surface area contributed by atoms with Crippen LogP contribution < -0.4 is 0 Å². The summed E-state index contributed by atoms with van der Waals surface area (Å²) in [6.07, 6.45) is 23.0. The van der Waals surface area contributed by atoms with Crippen molar-refractivity contribution < 1.29 is 40.9 Å². The molecule has 8 nitrogen and oxygen atoms in total. The summed E-state index contributed by atoms with van der Waals surface area (Å²) in [6.45, 7) is 0. The summed E-state index contributed by atoms with van der Waals surface area (Å²) in [7, 11) is 0. The van der Waals surface area contributed by atoms with E-state index in [4.69, 9.17) is 0 Å². The van der Waals surface area contributed by atoms with Crippen LogP contribution in [0.25, 0.3) is 0 Å². The molecular formula is C29H58O8. The monoisotopic (exact) mass is 534 g/mol. The maximum Gasteiger partial charge on any atom is 0.279 e. The molecule has 8 N–H and O–H groups in total. The first kappa shape index (κ1) is 34.7. The smallest absolute Gasteiger partial charge is 0.279 e. The zero-order valence-corrected chi connectivity index (χ0v) is 23.3. The number of hydrogen-bond donors (Lipinski definition) is 8. The second-order valence-corrected chi connectivity index (χ2v) is 11.6. The van der Waals surface area contributed by atoms with Crippen LogP contribution >= 0.6 is 0 Å². The molecule has 0 aromatic rings. The Morgan fingerprint density at radius 1 is 0.216 bits per heavy atom. The van der Waals surface area contributed by atoms with Crippen LogP contribution in [0.15, 0.2) is 0 Å². The molecule has 1 aliphatic rings. The first-order chi connectivity index (χ1) is 17.5. The number of rotatable bonds is 0. The van der Waals surface area contributed by atoms with E-state index < -0.39 is 36.0 Å². The molecule has 1 fully saturated rings. The molecule has 8 heteroatoms. The van der Waals surface area contributed by atoms with Gasteiger partial charge in [0, 0.05) is 12.8 Å². The van der Waals surface area contributed by atoms with E-state index in [2.05, 4.69) is 0 Å². The Balaban J connectivity index is 2.58. The summed E-state index contributed by atoms with van der Waals surface area (Å²) in [6, 6.07) is 0. The lowest BCUT2D eigenvalue weighted by atomic mass is 9.84. The highest BCUT2D eigenvalue weighted by Gasteiger charge is 2.69. The van der Waals surface area contributed by atoms with Gasteiger partial charge in [-0.05, 0) is 12.8 Å². The molecular weight excluding hydrogens is 476 g/mol. The first-order valence-electron chi connectivity index (χ1n) is 15.2. The summed E-state index contributed by atoms with van der Waals surface area (Å²) in [4.78, 5) is 0. The van der Waals surface area contributed by atoms with Gasteiger partial charge in [0.1, 0.15) is 0 Å². The molecule has 1 rings (SSSR count). The molecule has 222 valence electrons. The fourth-order valence-electron chi connectivity index (χ4n) is 5.36. The minimum Gasteiger partial charge on any atom is -0.361 e. The Bertz CT molecular complexity index is 514. The molecule has 0 atom stereocenters. The third-order valence-corrected chi connectivity index (χ3v) is 8.15. The Morgan fingerprint density at radius 3 is 0.514 bits per heavy atom. The fourth-order valence-corrected chi connectivity index (χ4v) is 5.36. The lowest BCUT2D eigenvalue weighted by Gasteiger charge is -2.47. The van der Waals surface area contributed by atoms with Crippen molar-refractivity contribution in [1.29, 1.82) is 0 Å². The van der Waals surface area contributed by atoms with E-state index in [0.29, 0.717) is 12.8 Å². The molecule has 1 aliphatic carbocycles. The first-order valence-corrected chi connectivity index (χ1v) is 15.2. The van der Waals surface area contributed by atoms with Crippen molar-refractivity contribution in [2.45, 2.75) is 184 Å². The summed E-state index contributed by atoms with van der Waals surface area (Å²) in [5, 5.41) is 82.1. The van der Waals surface area contributed by atoms with Gasteiger partial charge in [0.15, 0.2) is 0 Å². The standard InChI is InChI=1S/C29H58O8/c30-26(31)24-22-20-18-16-14-12-10-8-6-4-2-1-3-5-7-9-11-13-15-17-19-21-23-25-27(32,33)29(36,37)28(26,34)35/h30-37H,1-25H2. The van der Waals surface area contributed by atoms with Crippen LogP contribution in [0.1, 0.15) is 161 Å². The van der Waals surface area contributed by atoms with Gasteiger partial charge in [-0.15, -0.1) is 0 Å². The summed E-state index contributed by atoms with van der Waals surface area (Å²) in [5.74, 6) is -14.6. The third kappa shape index (κ3) is 12.6. The van der Waals surface area contributed by atoms with Gasteiger partial charge in [0.25, 0.3) is 11.6 Å². The van der Waals surface area contributed by atoms with Crippen molar-refractivity contribution in [2.75, 3.05) is 0 Å². The zero-order chi connectivity index (χ0) is 27.7. The van der Waals surface area contributed by atoms with Gasteiger partial charge in [-0.3, -0.25) is 0 Å². The molecule has 0 radical (unpaired) electrons.